The predicted octanol–water partition coefficient (Wildman–Crippen LogP) is 4.73. The first kappa shape index (κ1) is 16.6. The molecule has 1 aromatic carbocycles. The highest BCUT2D eigenvalue weighted by atomic mass is 19.1. The Kier molecular flexibility index (Phi) is 3.90. The third-order valence-electron chi connectivity index (χ3n) is 4.68. The van der Waals surface area contributed by atoms with Crippen LogP contribution in [0, 0.1) is 5.82 Å². The number of fused-ring (bicyclic) bond motifs is 1. The van der Waals surface area contributed by atoms with Crippen molar-refractivity contribution in [3.8, 4) is 5.69 Å². The second-order valence-electron chi connectivity index (χ2n) is 6.91. The molecule has 26 heavy (non-hydrogen) atoms. The molecular formula is C20H21FN4O. The molecule has 1 aliphatic heterocycles. The van der Waals surface area contributed by atoms with Crippen molar-refractivity contribution in [3.63, 3.8) is 0 Å². The molecule has 0 aliphatic carbocycles. The maximum absolute atomic E-state index is 14.5. The molecule has 1 atom stereocenters. The maximum Gasteiger partial charge on any atom is 0.181 e. The average molecular weight is 352 g/mol. The van der Waals surface area contributed by atoms with Crippen LogP contribution in [0.3, 0.4) is 0 Å². The van der Waals surface area contributed by atoms with Crippen molar-refractivity contribution in [1.29, 1.82) is 0 Å². The molecular weight excluding hydrogens is 331 g/mol. The monoisotopic (exact) mass is 352 g/mol. The Morgan fingerprint density at radius 3 is 2.73 bits per heavy atom. The van der Waals surface area contributed by atoms with E-state index in [9.17, 15) is 4.39 Å². The Bertz CT molecular complexity index is 1010. The van der Waals surface area contributed by atoms with Gasteiger partial charge in [0.25, 0.3) is 0 Å². The summed E-state index contributed by atoms with van der Waals surface area (Å²) in [6.45, 7) is 8.15. The lowest BCUT2D eigenvalue weighted by molar-refractivity contribution is 0.190. The summed E-state index contributed by atoms with van der Waals surface area (Å²) in [5.74, 6) is 0.0433. The molecule has 0 spiro atoms. The first-order chi connectivity index (χ1) is 12.4. The van der Waals surface area contributed by atoms with Crippen LogP contribution in [0.15, 0.2) is 48.6 Å². The van der Waals surface area contributed by atoms with Crippen molar-refractivity contribution in [2.24, 2.45) is 0 Å². The van der Waals surface area contributed by atoms with Gasteiger partial charge >= 0.3 is 0 Å². The van der Waals surface area contributed by atoms with Gasteiger partial charge in [-0.3, -0.25) is 0 Å². The smallest absolute Gasteiger partial charge is 0.181 e. The summed E-state index contributed by atoms with van der Waals surface area (Å²) in [4.78, 5) is 6.42. The van der Waals surface area contributed by atoms with Crippen molar-refractivity contribution >= 4 is 16.7 Å². The zero-order valence-electron chi connectivity index (χ0n) is 15.3. The number of anilines is 1. The van der Waals surface area contributed by atoms with E-state index in [2.05, 4.69) is 30.0 Å². The van der Waals surface area contributed by atoms with Gasteiger partial charge in [-0.1, -0.05) is 13.8 Å². The number of hydrogen-bond donors (Lipinski definition) is 0. The summed E-state index contributed by atoms with van der Waals surface area (Å²) in [6.07, 6.45) is 5.24. The Hall–Kier alpha value is -2.89. The molecule has 0 bridgehead atoms. The van der Waals surface area contributed by atoms with Crippen molar-refractivity contribution in [2.45, 2.75) is 39.8 Å². The first-order valence-corrected chi connectivity index (χ1v) is 8.71. The van der Waals surface area contributed by atoms with Gasteiger partial charge in [0.05, 0.1) is 5.70 Å². The Balaban J connectivity index is 1.79. The van der Waals surface area contributed by atoms with Gasteiger partial charge in [0.15, 0.2) is 11.9 Å². The number of benzene rings is 1. The molecule has 0 N–H and O–H groups in total. The summed E-state index contributed by atoms with van der Waals surface area (Å²) < 4.78 is 21.6. The van der Waals surface area contributed by atoms with Gasteiger partial charge in [0.1, 0.15) is 17.8 Å². The highest BCUT2D eigenvalue weighted by Gasteiger charge is 2.23. The average Bonchev–Trinajstić information content (AvgIpc) is 3.18. The first-order valence-electron chi connectivity index (χ1n) is 8.71. The van der Waals surface area contributed by atoms with E-state index in [1.165, 1.54) is 6.07 Å². The van der Waals surface area contributed by atoms with E-state index < -0.39 is 0 Å². The number of aromatic nitrogens is 3. The van der Waals surface area contributed by atoms with E-state index in [0.717, 1.165) is 22.3 Å². The van der Waals surface area contributed by atoms with E-state index in [1.54, 1.807) is 23.1 Å². The standard InChI is InChI=1S/C20H21FN4O/c1-12(2)15-7-16-10-24(23-20(16)22-9-15)19-8-17(5-6-18(19)21)25-13(3)11-26-14(25)4/h5-12,14H,1-4H3. The van der Waals surface area contributed by atoms with Crippen molar-refractivity contribution in [3.05, 3.63) is 60.0 Å². The van der Waals surface area contributed by atoms with Crippen molar-refractivity contribution in [1.82, 2.24) is 14.8 Å². The quantitative estimate of drug-likeness (QED) is 0.684. The molecule has 6 heteroatoms. The number of nitrogens with zero attached hydrogens (tertiary/aromatic N) is 4. The van der Waals surface area contributed by atoms with Crippen LogP contribution in [0.2, 0.25) is 0 Å². The molecule has 3 heterocycles. The van der Waals surface area contributed by atoms with Crippen LogP contribution >= 0.6 is 0 Å². The highest BCUT2D eigenvalue weighted by Crippen LogP contribution is 2.30. The minimum atomic E-state index is -0.333. The van der Waals surface area contributed by atoms with Gasteiger partial charge in [0, 0.05) is 23.5 Å². The molecule has 0 radical (unpaired) electrons. The Morgan fingerprint density at radius 1 is 1.23 bits per heavy atom. The van der Waals surface area contributed by atoms with Crippen LogP contribution < -0.4 is 4.90 Å². The zero-order valence-corrected chi connectivity index (χ0v) is 15.3. The second kappa shape index (κ2) is 6.12. The van der Waals surface area contributed by atoms with E-state index in [0.29, 0.717) is 17.3 Å². The molecule has 1 unspecified atom stereocenters. The van der Waals surface area contributed by atoms with Crippen LogP contribution in [-0.2, 0) is 4.74 Å². The fraction of sp³-hybridized carbons (Fsp3) is 0.300. The van der Waals surface area contributed by atoms with Gasteiger partial charge in [-0.05, 0) is 49.6 Å². The van der Waals surface area contributed by atoms with Gasteiger partial charge in [0.2, 0.25) is 0 Å². The summed E-state index contributed by atoms with van der Waals surface area (Å²) >= 11 is 0. The Morgan fingerprint density at radius 2 is 2.04 bits per heavy atom. The molecule has 2 aromatic heterocycles. The third-order valence-corrected chi connectivity index (χ3v) is 4.68. The number of halogens is 1. The van der Waals surface area contributed by atoms with E-state index in [4.69, 9.17) is 4.74 Å². The van der Waals surface area contributed by atoms with Crippen molar-refractivity contribution < 1.29 is 9.13 Å². The van der Waals surface area contributed by atoms with E-state index in [1.807, 2.05) is 31.1 Å². The second-order valence-corrected chi connectivity index (χ2v) is 6.91. The molecule has 0 amide bonds. The lowest BCUT2D eigenvalue weighted by atomic mass is 10.1. The van der Waals surface area contributed by atoms with E-state index in [-0.39, 0.29) is 12.0 Å². The molecule has 1 aliphatic rings. The van der Waals surface area contributed by atoms with Crippen LogP contribution in [0.4, 0.5) is 10.1 Å². The molecule has 5 nitrogen and oxygen atoms in total. The molecule has 4 rings (SSSR count). The number of ether oxygens (including phenoxy) is 1. The van der Waals surface area contributed by atoms with Crippen molar-refractivity contribution in [2.75, 3.05) is 4.90 Å². The summed E-state index contributed by atoms with van der Waals surface area (Å²) in [7, 11) is 0. The topological polar surface area (TPSA) is 43.2 Å². The SMILES string of the molecule is CC1=COC(C)N1c1ccc(F)c(-n2cc3cc(C(C)C)cnc3n2)c1. The minimum absolute atomic E-state index is 0.125. The lowest BCUT2D eigenvalue weighted by Gasteiger charge is -2.24. The summed E-state index contributed by atoms with van der Waals surface area (Å²) in [6, 6.07) is 7.05. The normalized spacial score (nSPS) is 17.1. The van der Waals surface area contributed by atoms with Crippen LogP contribution in [0.25, 0.3) is 16.7 Å². The molecule has 134 valence electrons. The van der Waals surface area contributed by atoms with Crippen LogP contribution in [0.5, 0.6) is 0 Å². The predicted molar refractivity (Wildman–Crippen MR) is 99.7 cm³/mol. The lowest BCUT2D eigenvalue weighted by Crippen LogP contribution is -2.27. The van der Waals surface area contributed by atoms with Gasteiger partial charge in [-0.2, -0.15) is 0 Å². The number of allylic oxidation sites excluding steroid dienone is 1. The minimum Gasteiger partial charge on any atom is -0.476 e. The van der Waals surface area contributed by atoms with Gasteiger partial charge in [-0.25, -0.2) is 14.1 Å². The number of pyridine rings is 1. The zero-order chi connectivity index (χ0) is 18.4. The molecule has 0 fully saturated rings. The van der Waals surface area contributed by atoms with Gasteiger partial charge < -0.3 is 9.64 Å². The van der Waals surface area contributed by atoms with Crippen LogP contribution in [-0.4, -0.2) is 21.0 Å². The molecule has 0 saturated heterocycles. The largest absolute Gasteiger partial charge is 0.476 e. The van der Waals surface area contributed by atoms with Crippen LogP contribution in [0.1, 0.15) is 39.2 Å². The fourth-order valence-electron chi connectivity index (χ4n) is 3.21. The maximum atomic E-state index is 14.5. The summed E-state index contributed by atoms with van der Waals surface area (Å²) in [5.41, 5.74) is 3.96. The van der Waals surface area contributed by atoms with E-state index >= 15 is 0 Å². The van der Waals surface area contributed by atoms with Gasteiger partial charge in [-0.15, -0.1) is 5.10 Å². The number of hydrogen-bond acceptors (Lipinski definition) is 4. The summed E-state index contributed by atoms with van der Waals surface area (Å²) in [5, 5.41) is 5.35. The molecule has 3 aromatic rings. The highest BCUT2D eigenvalue weighted by molar-refractivity contribution is 5.75. The molecule has 0 saturated carbocycles. The third kappa shape index (κ3) is 2.71. The number of rotatable bonds is 3. The Labute approximate surface area is 151 Å². The fourth-order valence-corrected chi connectivity index (χ4v) is 3.21.